The van der Waals surface area contributed by atoms with Crippen molar-refractivity contribution in [3.63, 3.8) is 0 Å². The Balaban J connectivity index is 1.38. The van der Waals surface area contributed by atoms with Crippen LogP contribution in [0.3, 0.4) is 0 Å². The van der Waals surface area contributed by atoms with Crippen LogP contribution in [0.2, 0.25) is 0 Å². The van der Waals surface area contributed by atoms with Crippen molar-refractivity contribution in [1.29, 1.82) is 21.0 Å². The lowest BCUT2D eigenvalue weighted by atomic mass is 9.97. The summed E-state index contributed by atoms with van der Waals surface area (Å²) in [6.07, 6.45) is 4.20. The fourth-order valence-electron chi connectivity index (χ4n) is 4.34. The Kier molecular flexibility index (Phi) is 9.93. The second kappa shape index (κ2) is 14.0. The summed E-state index contributed by atoms with van der Waals surface area (Å²) in [6, 6.07) is 22.6. The van der Waals surface area contributed by atoms with Gasteiger partial charge in [-0.2, -0.15) is 21.0 Å². The number of thioether (sulfide) groups is 2. The highest BCUT2D eigenvalue weighted by atomic mass is 32.2. The van der Waals surface area contributed by atoms with E-state index in [9.17, 15) is 21.0 Å². The fourth-order valence-corrected chi connectivity index (χ4v) is 5.43. The normalized spacial score (nSPS) is 10.2. The predicted octanol–water partition coefficient (Wildman–Crippen LogP) is 5.75. The van der Waals surface area contributed by atoms with Crippen LogP contribution in [0.15, 0.2) is 58.6 Å². The molecule has 12 heteroatoms. The minimum atomic E-state index is 0.0847. The van der Waals surface area contributed by atoms with Gasteiger partial charge in [0.25, 0.3) is 0 Å². The predicted molar refractivity (Wildman–Crippen MR) is 166 cm³/mol. The minimum Gasteiger partial charge on any atom is -0.493 e. The highest BCUT2D eigenvalue weighted by molar-refractivity contribution is 7.98. The topological polar surface area (TPSA) is 191 Å². The Bertz CT molecular complexity index is 1700. The first-order chi connectivity index (χ1) is 20.9. The van der Waals surface area contributed by atoms with Gasteiger partial charge in [0.15, 0.2) is 0 Å². The average Bonchev–Trinajstić information content (AvgIpc) is 3.04. The second-order valence-electron chi connectivity index (χ2n) is 8.81. The van der Waals surface area contributed by atoms with E-state index in [2.05, 4.69) is 34.2 Å². The first kappa shape index (κ1) is 30.6. The molecule has 0 aliphatic heterocycles. The number of rotatable bonds is 10. The molecule has 0 saturated carbocycles. The third kappa shape index (κ3) is 6.42. The Morgan fingerprint density at radius 1 is 0.605 bits per heavy atom. The van der Waals surface area contributed by atoms with E-state index >= 15 is 0 Å². The van der Waals surface area contributed by atoms with Crippen molar-refractivity contribution in [3.8, 4) is 58.0 Å². The number of aromatic nitrogens is 2. The molecule has 0 saturated heterocycles. The average molecular weight is 605 g/mol. The van der Waals surface area contributed by atoms with Crippen LogP contribution < -0.4 is 20.9 Å². The number of nitriles is 4. The molecule has 10 nitrogen and oxygen atoms in total. The molecule has 0 fully saturated rings. The number of ether oxygens (including phenoxy) is 2. The molecule has 2 aromatic carbocycles. The maximum Gasteiger partial charge on any atom is 0.143 e. The summed E-state index contributed by atoms with van der Waals surface area (Å²) in [6.45, 7) is 0.794. The quantitative estimate of drug-likeness (QED) is 0.165. The summed E-state index contributed by atoms with van der Waals surface area (Å²) in [5.74, 6) is 1.42. The van der Waals surface area contributed by atoms with Crippen molar-refractivity contribution in [2.75, 3.05) is 37.2 Å². The fraction of sp³-hybridized carbons (Fsp3) is 0.161. The van der Waals surface area contributed by atoms with Crippen LogP contribution in [-0.2, 0) is 0 Å². The Morgan fingerprint density at radius 2 is 0.953 bits per heavy atom. The minimum absolute atomic E-state index is 0.0847. The molecule has 2 heterocycles. The first-order valence-corrected chi connectivity index (χ1v) is 15.2. The molecule has 0 radical (unpaired) electrons. The van der Waals surface area contributed by atoms with E-state index in [-0.39, 0.29) is 22.8 Å². The van der Waals surface area contributed by atoms with Gasteiger partial charge < -0.3 is 20.9 Å². The number of nitrogen functional groups attached to an aromatic ring is 2. The van der Waals surface area contributed by atoms with E-state index in [1.54, 1.807) is 61.0 Å². The zero-order valence-electron chi connectivity index (χ0n) is 23.2. The molecule has 0 amide bonds. The Labute approximate surface area is 257 Å². The first-order valence-electron chi connectivity index (χ1n) is 12.7. The van der Waals surface area contributed by atoms with Crippen LogP contribution >= 0.6 is 23.5 Å². The van der Waals surface area contributed by atoms with Crippen molar-refractivity contribution in [2.24, 2.45) is 0 Å². The molecule has 4 rings (SSSR count). The Hall–Kier alpha value is -5.40. The van der Waals surface area contributed by atoms with Crippen LogP contribution in [0, 0.1) is 45.3 Å². The van der Waals surface area contributed by atoms with Gasteiger partial charge in [0.1, 0.15) is 68.6 Å². The molecule has 0 atom stereocenters. The van der Waals surface area contributed by atoms with Crippen molar-refractivity contribution >= 4 is 35.2 Å². The third-order valence-corrected chi connectivity index (χ3v) is 7.69. The van der Waals surface area contributed by atoms with Crippen molar-refractivity contribution < 1.29 is 9.47 Å². The number of nitrogens with zero attached hydrogens (tertiary/aromatic N) is 6. The standard InChI is InChI=1S/C31H24N8O2S2/c1-42-30-24(16-34)26(22(14-32)28(36)38-30)18-4-8-20(9-5-18)40-12-3-13-41-21-10-6-19(7-11-21)27-23(15-33)29(37)39-31(43-2)25(27)17-35/h4-11H,3,12-13H2,1-2H3,(H2,36,38)(H2,37,39). The Morgan fingerprint density at radius 3 is 1.26 bits per heavy atom. The molecule has 212 valence electrons. The molecular formula is C31H24N8O2S2. The summed E-state index contributed by atoms with van der Waals surface area (Å²) in [7, 11) is 0. The summed E-state index contributed by atoms with van der Waals surface area (Å²) in [4.78, 5) is 8.37. The summed E-state index contributed by atoms with van der Waals surface area (Å²) >= 11 is 2.59. The molecule has 0 aliphatic carbocycles. The van der Waals surface area contributed by atoms with E-state index in [0.29, 0.717) is 74.6 Å². The molecule has 2 aromatic heterocycles. The SMILES string of the molecule is CSc1nc(N)c(C#N)c(-c2ccc(OCCCOc3ccc(-c4c(C#N)c(N)nc(SC)c4C#N)cc3)cc2)c1C#N. The van der Waals surface area contributed by atoms with Gasteiger partial charge >= 0.3 is 0 Å². The van der Waals surface area contributed by atoms with Gasteiger partial charge in [0.05, 0.1) is 24.3 Å². The molecule has 4 aromatic rings. The van der Waals surface area contributed by atoms with Crippen LogP contribution in [0.1, 0.15) is 28.7 Å². The lowest BCUT2D eigenvalue weighted by Gasteiger charge is -2.13. The lowest BCUT2D eigenvalue weighted by molar-refractivity contribution is 0.247. The number of pyridine rings is 2. The van der Waals surface area contributed by atoms with Gasteiger partial charge in [-0.25, -0.2) is 9.97 Å². The molecular weight excluding hydrogens is 581 g/mol. The zero-order chi connectivity index (χ0) is 30.9. The summed E-state index contributed by atoms with van der Waals surface area (Å²) in [5.41, 5.74) is 15.2. The van der Waals surface area contributed by atoms with Crippen LogP contribution in [0.4, 0.5) is 11.6 Å². The van der Waals surface area contributed by atoms with Crippen LogP contribution in [0.25, 0.3) is 22.3 Å². The molecule has 43 heavy (non-hydrogen) atoms. The largest absolute Gasteiger partial charge is 0.493 e. The second-order valence-corrected chi connectivity index (χ2v) is 10.4. The van der Waals surface area contributed by atoms with E-state index < -0.39 is 0 Å². The molecule has 0 spiro atoms. The zero-order valence-corrected chi connectivity index (χ0v) is 24.8. The highest BCUT2D eigenvalue weighted by Crippen LogP contribution is 2.37. The van der Waals surface area contributed by atoms with E-state index in [1.165, 1.54) is 23.5 Å². The number of anilines is 2. The molecule has 0 bridgehead atoms. The van der Waals surface area contributed by atoms with Crippen molar-refractivity contribution in [3.05, 3.63) is 70.8 Å². The number of hydrogen-bond donors (Lipinski definition) is 2. The van der Waals surface area contributed by atoms with Gasteiger partial charge in [0, 0.05) is 17.5 Å². The van der Waals surface area contributed by atoms with Gasteiger partial charge in [-0.3, -0.25) is 0 Å². The number of benzene rings is 2. The summed E-state index contributed by atoms with van der Waals surface area (Å²) < 4.78 is 11.7. The maximum absolute atomic E-state index is 9.72. The lowest BCUT2D eigenvalue weighted by Crippen LogP contribution is -2.05. The third-order valence-electron chi connectivity index (χ3n) is 6.33. The smallest absolute Gasteiger partial charge is 0.143 e. The molecule has 0 aliphatic rings. The van der Waals surface area contributed by atoms with E-state index in [4.69, 9.17) is 20.9 Å². The van der Waals surface area contributed by atoms with Gasteiger partial charge in [-0.1, -0.05) is 24.3 Å². The van der Waals surface area contributed by atoms with Crippen LogP contribution in [-0.4, -0.2) is 35.7 Å². The van der Waals surface area contributed by atoms with Gasteiger partial charge in [0.2, 0.25) is 0 Å². The van der Waals surface area contributed by atoms with Crippen molar-refractivity contribution in [1.82, 2.24) is 9.97 Å². The number of hydrogen-bond acceptors (Lipinski definition) is 12. The van der Waals surface area contributed by atoms with Gasteiger partial charge in [-0.15, -0.1) is 23.5 Å². The van der Waals surface area contributed by atoms with Crippen molar-refractivity contribution in [2.45, 2.75) is 16.5 Å². The molecule has 0 unspecified atom stereocenters. The van der Waals surface area contributed by atoms with Gasteiger partial charge in [-0.05, 0) is 47.9 Å². The highest BCUT2D eigenvalue weighted by Gasteiger charge is 2.21. The summed E-state index contributed by atoms with van der Waals surface area (Å²) in [5, 5.41) is 39.6. The number of nitrogens with two attached hydrogens (primary N) is 2. The van der Waals surface area contributed by atoms with E-state index in [0.717, 1.165) is 0 Å². The monoisotopic (exact) mass is 604 g/mol. The molecule has 4 N–H and O–H groups in total. The van der Waals surface area contributed by atoms with E-state index in [1.807, 2.05) is 0 Å². The maximum atomic E-state index is 9.72. The van der Waals surface area contributed by atoms with Crippen LogP contribution in [0.5, 0.6) is 11.5 Å².